The fourth-order valence-electron chi connectivity index (χ4n) is 8.68. The zero-order valence-corrected chi connectivity index (χ0v) is 20.4. The molecule has 8 atom stereocenters. The standard InChI is InChI=1S/C29H46O/c1-7-19(2)20(3)8-9-21(4)25-12-13-26-24-11-10-22-18-23(30)14-16-28(22,5)27(24)15-17-29(25,26)6/h18-19,21,24-27H,3,7-17H2,1-2,4-6H3. The first-order valence-corrected chi connectivity index (χ1v) is 13.1. The Labute approximate surface area is 186 Å². The second-order valence-electron chi connectivity index (χ2n) is 12.2. The van der Waals surface area contributed by atoms with Crippen LogP contribution in [0.5, 0.6) is 0 Å². The van der Waals surface area contributed by atoms with Crippen molar-refractivity contribution in [3.8, 4) is 0 Å². The minimum atomic E-state index is 0.315. The van der Waals surface area contributed by atoms with Crippen molar-refractivity contribution in [3.63, 3.8) is 0 Å². The van der Waals surface area contributed by atoms with Crippen molar-refractivity contribution in [1.82, 2.24) is 0 Å². The van der Waals surface area contributed by atoms with E-state index in [0.717, 1.165) is 42.4 Å². The van der Waals surface area contributed by atoms with Crippen LogP contribution in [-0.4, -0.2) is 5.78 Å². The monoisotopic (exact) mass is 410 g/mol. The van der Waals surface area contributed by atoms with Crippen molar-refractivity contribution in [2.75, 3.05) is 0 Å². The summed E-state index contributed by atoms with van der Waals surface area (Å²) in [6.45, 7) is 16.8. The topological polar surface area (TPSA) is 17.1 Å². The van der Waals surface area contributed by atoms with Gasteiger partial charge in [-0.2, -0.15) is 0 Å². The van der Waals surface area contributed by atoms with Gasteiger partial charge in [0.1, 0.15) is 0 Å². The van der Waals surface area contributed by atoms with Gasteiger partial charge in [0.25, 0.3) is 0 Å². The zero-order valence-electron chi connectivity index (χ0n) is 20.4. The maximum absolute atomic E-state index is 12.1. The van der Waals surface area contributed by atoms with Gasteiger partial charge in [-0.3, -0.25) is 4.79 Å². The molecule has 1 nitrogen and oxygen atoms in total. The van der Waals surface area contributed by atoms with Crippen molar-refractivity contribution in [1.29, 1.82) is 0 Å². The molecule has 0 N–H and O–H groups in total. The van der Waals surface area contributed by atoms with Crippen LogP contribution >= 0.6 is 0 Å². The lowest BCUT2D eigenvalue weighted by Gasteiger charge is -2.58. The van der Waals surface area contributed by atoms with Crippen molar-refractivity contribution >= 4 is 5.78 Å². The number of hydrogen-bond donors (Lipinski definition) is 0. The molecule has 0 saturated heterocycles. The molecule has 8 unspecified atom stereocenters. The van der Waals surface area contributed by atoms with Crippen molar-refractivity contribution in [3.05, 3.63) is 23.8 Å². The molecule has 4 aliphatic rings. The van der Waals surface area contributed by atoms with E-state index in [1.807, 2.05) is 0 Å². The van der Waals surface area contributed by atoms with Crippen LogP contribution in [0.15, 0.2) is 23.8 Å². The summed E-state index contributed by atoms with van der Waals surface area (Å²) in [5.41, 5.74) is 3.84. The predicted molar refractivity (Wildman–Crippen MR) is 127 cm³/mol. The number of carbonyl (C=O) groups excluding carboxylic acids is 1. The maximum atomic E-state index is 12.1. The van der Waals surface area contributed by atoms with Gasteiger partial charge in [-0.1, -0.05) is 52.3 Å². The van der Waals surface area contributed by atoms with E-state index < -0.39 is 0 Å². The molecule has 0 bridgehead atoms. The minimum absolute atomic E-state index is 0.315. The predicted octanol–water partition coefficient (Wildman–Crippen LogP) is 8.15. The van der Waals surface area contributed by atoms with E-state index in [-0.39, 0.29) is 0 Å². The number of carbonyl (C=O) groups is 1. The van der Waals surface area contributed by atoms with Crippen LogP contribution in [0, 0.1) is 46.3 Å². The highest BCUT2D eigenvalue weighted by molar-refractivity contribution is 5.91. The fraction of sp³-hybridized carbons (Fsp3) is 0.828. The molecule has 0 spiro atoms. The average molecular weight is 411 g/mol. The third-order valence-electron chi connectivity index (χ3n) is 11.0. The summed E-state index contributed by atoms with van der Waals surface area (Å²) in [7, 11) is 0. The van der Waals surface area contributed by atoms with E-state index >= 15 is 0 Å². The summed E-state index contributed by atoms with van der Waals surface area (Å²) in [5, 5.41) is 0. The number of rotatable bonds is 6. The third kappa shape index (κ3) is 3.57. The highest BCUT2D eigenvalue weighted by atomic mass is 16.1. The first kappa shape index (κ1) is 22.3. The molecule has 168 valence electrons. The molecule has 0 aromatic rings. The van der Waals surface area contributed by atoms with Crippen LogP contribution in [-0.2, 0) is 4.79 Å². The van der Waals surface area contributed by atoms with Gasteiger partial charge in [0.05, 0.1) is 0 Å². The molecular weight excluding hydrogens is 364 g/mol. The Morgan fingerprint density at radius 3 is 2.60 bits per heavy atom. The Morgan fingerprint density at radius 2 is 1.87 bits per heavy atom. The molecule has 30 heavy (non-hydrogen) atoms. The van der Waals surface area contributed by atoms with E-state index in [9.17, 15) is 4.79 Å². The van der Waals surface area contributed by atoms with E-state index in [1.165, 1.54) is 68.9 Å². The molecule has 0 radical (unpaired) electrons. The van der Waals surface area contributed by atoms with Crippen molar-refractivity contribution < 1.29 is 4.79 Å². The molecule has 4 rings (SSSR count). The van der Waals surface area contributed by atoms with Crippen LogP contribution in [0.25, 0.3) is 0 Å². The normalized spacial score (nSPS) is 42.6. The Bertz CT molecular complexity index is 716. The second kappa shape index (κ2) is 8.25. The van der Waals surface area contributed by atoms with Gasteiger partial charge in [-0.05, 0) is 117 Å². The molecule has 3 fully saturated rings. The van der Waals surface area contributed by atoms with Gasteiger partial charge in [-0.15, -0.1) is 0 Å². The van der Waals surface area contributed by atoms with Gasteiger partial charge in [0.15, 0.2) is 5.78 Å². The lowest BCUT2D eigenvalue weighted by molar-refractivity contribution is -0.117. The summed E-state index contributed by atoms with van der Waals surface area (Å²) in [6, 6.07) is 0. The van der Waals surface area contributed by atoms with Crippen LogP contribution in [0.1, 0.15) is 105 Å². The van der Waals surface area contributed by atoms with E-state index in [1.54, 1.807) is 0 Å². The molecular formula is C29H46O. The average Bonchev–Trinajstić information content (AvgIpc) is 3.09. The molecule has 1 heteroatoms. The Hall–Kier alpha value is -0.850. The number of fused-ring (bicyclic) bond motifs is 5. The Morgan fingerprint density at radius 1 is 1.10 bits per heavy atom. The largest absolute Gasteiger partial charge is 0.295 e. The first-order valence-electron chi connectivity index (χ1n) is 13.1. The van der Waals surface area contributed by atoms with Crippen LogP contribution in [0.3, 0.4) is 0 Å². The minimum Gasteiger partial charge on any atom is -0.295 e. The summed E-state index contributed by atoms with van der Waals surface area (Å²) >= 11 is 0. The van der Waals surface area contributed by atoms with Gasteiger partial charge in [-0.25, -0.2) is 0 Å². The van der Waals surface area contributed by atoms with E-state index in [2.05, 4.69) is 47.3 Å². The van der Waals surface area contributed by atoms with Gasteiger partial charge < -0.3 is 0 Å². The smallest absolute Gasteiger partial charge is 0.155 e. The highest BCUT2D eigenvalue weighted by Crippen LogP contribution is 2.67. The molecule has 0 aromatic heterocycles. The summed E-state index contributed by atoms with van der Waals surface area (Å²) in [6.07, 6.45) is 15.9. The van der Waals surface area contributed by atoms with Crippen LogP contribution in [0.4, 0.5) is 0 Å². The highest BCUT2D eigenvalue weighted by Gasteiger charge is 2.59. The van der Waals surface area contributed by atoms with E-state index in [0.29, 0.717) is 22.5 Å². The second-order valence-corrected chi connectivity index (χ2v) is 12.2. The SMILES string of the molecule is C=C(CCC(C)C1CCC2C3CCC4=CC(=O)CCC4(C)C3CCC12C)C(C)CC. The quantitative estimate of drug-likeness (QED) is 0.404. The van der Waals surface area contributed by atoms with Crippen LogP contribution < -0.4 is 0 Å². The van der Waals surface area contributed by atoms with Crippen molar-refractivity contribution in [2.24, 2.45) is 46.3 Å². The zero-order chi connectivity index (χ0) is 21.7. The number of ketones is 1. The fourth-order valence-corrected chi connectivity index (χ4v) is 8.68. The third-order valence-corrected chi connectivity index (χ3v) is 11.0. The maximum Gasteiger partial charge on any atom is 0.155 e. The van der Waals surface area contributed by atoms with Gasteiger partial charge in [0, 0.05) is 6.42 Å². The lowest BCUT2D eigenvalue weighted by Crippen LogP contribution is -2.50. The Kier molecular flexibility index (Phi) is 6.15. The van der Waals surface area contributed by atoms with Gasteiger partial charge in [0.2, 0.25) is 0 Å². The molecule has 3 saturated carbocycles. The lowest BCUT2D eigenvalue weighted by atomic mass is 9.46. The van der Waals surface area contributed by atoms with Crippen molar-refractivity contribution in [2.45, 2.75) is 105 Å². The summed E-state index contributed by atoms with van der Waals surface area (Å²) in [5.74, 6) is 5.40. The summed E-state index contributed by atoms with van der Waals surface area (Å²) < 4.78 is 0. The molecule has 0 amide bonds. The Balaban J connectivity index is 1.47. The molecule has 0 aromatic carbocycles. The van der Waals surface area contributed by atoms with E-state index in [4.69, 9.17) is 0 Å². The van der Waals surface area contributed by atoms with Gasteiger partial charge >= 0.3 is 0 Å². The first-order chi connectivity index (χ1) is 14.2. The summed E-state index contributed by atoms with van der Waals surface area (Å²) in [4.78, 5) is 12.1. The number of hydrogen-bond acceptors (Lipinski definition) is 1. The van der Waals surface area contributed by atoms with Crippen LogP contribution in [0.2, 0.25) is 0 Å². The molecule has 0 aliphatic heterocycles. The molecule has 4 aliphatic carbocycles. The number of allylic oxidation sites excluding steroid dienone is 2. The molecule has 0 heterocycles.